The Hall–Kier alpha value is -1.03. The van der Waals surface area contributed by atoms with Crippen molar-refractivity contribution >= 4 is 22.9 Å². The first-order valence-electron chi connectivity index (χ1n) is 7.62. The molecule has 0 aliphatic carbocycles. The molecule has 0 bridgehead atoms. The van der Waals surface area contributed by atoms with Crippen molar-refractivity contribution in [1.82, 2.24) is 14.5 Å². The Bertz CT molecular complexity index is 570. The number of aromatic nitrogens is 3. The topological polar surface area (TPSA) is 30.7 Å². The summed E-state index contributed by atoms with van der Waals surface area (Å²) < 4.78 is 2.38. The number of fused-ring (bicyclic) bond motifs is 1. The van der Waals surface area contributed by atoms with Gasteiger partial charge in [-0.1, -0.05) is 13.8 Å². The van der Waals surface area contributed by atoms with Crippen LogP contribution in [0.15, 0.2) is 18.3 Å². The van der Waals surface area contributed by atoms with E-state index in [1.807, 2.05) is 12.3 Å². The summed E-state index contributed by atoms with van der Waals surface area (Å²) in [4.78, 5) is 9.38. The van der Waals surface area contributed by atoms with Gasteiger partial charge in [0.25, 0.3) is 0 Å². The van der Waals surface area contributed by atoms with Gasteiger partial charge in [-0.05, 0) is 48.3 Å². The quantitative estimate of drug-likeness (QED) is 0.858. The van der Waals surface area contributed by atoms with E-state index in [1.165, 1.54) is 30.2 Å². The zero-order valence-corrected chi connectivity index (χ0v) is 13.2. The summed E-state index contributed by atoms with van der Waals surface area (Å²) in [7, 11) is 0. The van der Waals surface area contributed by atoms with Crippen molar-refractivity contribution in [3.8, 4) is 0 Å². The molecule has 0 N–H and O–H groups in total. The van der Waals surface area contributed by atoms with Gasteiger partial charge in [-0.2, -0.15) is 11.8 Å². The lowest BCUT2D eigenvalue weighted by Gasteiger charge is -2.23. The molecule has 0 amide bonds. The molecule has 3 nitrogen and oxygen atoms in total. The molecular formula is C16H23N3S. The first kappa shape index (κ1) is 13.9. The molecular weight excluding hydrogens is 266 g/mol. The molecule has 20 heavy (non-hydrogen) atoms. The van der Waals surface area contributed by atoms with E-state index in [-0.39, 0.29) is 0 Å². The minimum absolute atomic E-state index is 0.632. The van der Waals surface area contributed by atoms with E-state index in [4.69, 9.17) is 4.98 Å². The molecule has 0 atom stereocenters. The van der Waals surface area contributed by atoms with Crippen LogP contribution in [0.5, 0.6) is 0 Å². The average molecular weight is 289 g/mol. The van der Waals surface area contributed by atoms with Gasteiger partial charge < -0.3 is 4.57 Å². The predicted octanol–water partition coefficient (Wildman–Crippen LogP) is 3.77. The van der Waals surface area contributed by atoms with E-state index in [9.17, 15) is 0 Å². The summed E-state index contributed by atoms with van der Waals surface area (Å²) in [6, 6.07) is 4.06. The van der Waals surface area contributed by atoms with E-state index in [2.05, 4.69) is 41.2 Å². The standard InChI is InChI=1S/C16H23N3S/c1-12(2)10-15-18-14-4-3-7-17-16(14)19(15)11-13-5-8-20-9-6-13/h3-4,7,12-13H,5-6,8-11H2,1-2H3. The Morgan fingerprint density at radius 3 is 2.90 bits per heavy atom. The van der Waals surface area contributed by atoms with Crippen LogP contribution in [0.4, 0.5) is 0 Å². The summed E-state index contributed by atoms with van der Waals surface area (Å²) in [5.41, 5.74) is 2.12. The molecule has 2 aromatic heterocycles. The molecule has 3 heterocycles. The van der Waals surface area contributed by atoms with Crippen LogP contribution >= 0.6 is 11.8 Å². The van der Waals surface area contributed by atoms with Crippen molar-refractivity contribution in [3.05, 3.63) is 24.2 Å². The summed E-state index contributed by atoms with van der Waals surface area (Å²) in [6.45, 7) is 5.61. The molecule has 1 fully saturated rings. The van der Waals surface area contributed by atoms with Gasteiger partial charge >= 0.3 is 0 Å². The minimum Gasteiger partial charge on any atom is -0.312 e. The van der Waals surface area contributed by atoms with Gasteiger partial charge in [-0.25, -0.2) is 9.97 Å². The van der Waals surface area contributed by atoms with E-state index < -0.39 is 0 Å². The van der Waals surface area contributed by atoms with Crippen molar-refractivity contribution in [2.45, 2.75) is 39.7 Å². The second kappa shape index (κ2) is 6.17. The van der Waals surface area contributed by atoms with Crippen LogP contribution in [0.25, 0.3) is 11.2 Å². The second-order valence-corrected chi connectivity index (χ2v) is 7.36. The highest BCUT2D eigenvalue weighted by molar-refractivity contribution is 7.99. The zero-order valence-electron chi connectivity index (χ0n) is 12.4. The third-order valence-corrected chi connectivity index (χ3v) is 5.00. The Morgan fingerprint density at radius 2 is 2.15 bits per heavy atom. The van der Waals surface area contributed by atoms with Crippen molar-refractivity contribution in [2.24, 2.45) is 11.8 Å². The first-order valence-corrected chi connectivity index (χ1v) is 8.77. The lowest BCUT2D eigenvalue weighted by molar-refractivity contribution is 0.409. The van der Waals surface area contributed by atoms with Crippen molar-refractivity contribution < 1.29 is 0 Å². The Kier molecular flexibility index (Phi) is 4.29. The maximum Gasteiger partial charge on any atom is 0.159 e. The lowest BCUT2D eigenvalue weighted by atomic mass is 10.0. The fourth-order valence-corrected chi connectivity index (χ4v) is 4.11. The minimum atomic E-state index is 0.632. The van der Waals surface area contributed by atoms with Gasteiger partial charge in [0.05, 0.1) is 0 Å². The third-order valence-electron chi connectivity index (χ3n) is 3.96. The van der Waals surface area contributed by atoms with Crippen LogP contribution in [-0.4, -0.2) is 26.0 Å². The SMILES string of the molecule is CC(C)Cc1nc2cccnc2n1CC1CCSCC1. The Labute approximate surface area is 125 Å². The second-order valence-electron chi connectivity index (χ2n) is 6.14. The maximum atomic E-state index is 4.81. The molecule has 0 spiro atoms. The number of nitrogens with zero attached hydrogens (tertiary/aromatic N) is 3. The number of hydrogen-bond acceptors (Lipinski definition) is 3. The van der Waals surface area contributed by atoms with Crippen LogP contribution in [0.2, 0.25) is 0 Å². The van der Waals surface area contributed by atoms with Crippen LogP contribution in [0.1, 0.15) is 32.5 Å². The van der Waals surface area contributed by atoms with Gasteiger partial charge in [-0.3, -0.25) is 0 Å². The van der Waals surface area contributed by atoms with E-state index >= 15 is 0 Å². The average Bonchev–Trinajstić information content (AvgIpc) is 2.77. The number of rotatable bonds is 4. The number of thioether (sulfide) groups is 1. The summed E-state index contributed by atoms with van der Waals surface area (Å²) in [5.74, 6) is 5.26. The molecule has 1 saturated heterocycles. The maximum absolute atomic E-state index is 4.81. The normalized spacial score (nSPS) is 17.1. The summed E-state index contributed by atoms with van der Waals surface area (Å²) in [5, 5.41) is 0. The van der Waals surface area contributed by atoms with E-state index in [0.29, 0.717) is 5.92 Å². The molecule has 0 aromatic carbocycles. The van der Waals surface area contributed by atoms with Crippen molar-refractivity contribution in [1.29, 1.82) is 0 Å². The number of hydrogen-bond donors (Lipinski definition) is 0. The Morgan fingerprint density at radius 1 is 1.35 bits per heavy atom. The molecule has 4 heteroatoms. The van der Waals surface area contributed by atoms with E-state index in [1.54, 1.807) is 0 Å². The monoisotopic (exact) mass is 289 g/mol. The van der Waals surface area contributed by atoms with Gasteiger partial charge in [0.15, 0.2) is 5.65 Å². The van der Waals surface area contributed by atoms with Gasteiger partial charge in [0.1, 0.15) is 11.3 Å². The van der Waals surface area contributed by atoms with Gasteiger partial charge in [-0.15, -0.1) is 0 Å². The molecule has 0 unspecified atom stereocenters. The van der Waals surface area contributed by atoms with Crippen molar-refractivity contribution in [2.75, 3.05) is 11.5 Å². The third kappa shape index (κ3) is 3.00. The molecule has 0 saturated carbocycles. The molecule has 3 rings (SSSR count). The highest BCUT2D eigenvalue weighted by Crippen LogP contribution is 2.26. The highest BCUT2D eigenvalue weighted by Gasteiger charge is 2.19. The van der Waals surface area contributed by atoms with Crippen LogP contribution < -0.4 is 0 Å². The predicted molar refractivity (Wildman–Crippen MR) is 86.1 cm³/mol. The lowest BCUT2D eigenvalue weighted by Crippen LogP contribution is -2.18. The molecule has 108 valence electrons. The first-order chi connectivity index (χ1) is 9.74. The fraction of sp³-hybridized carbons (Fsp3) is 0.625. The molecule has 1 aliphatic heterocycles. The van der Waals surface area contributed by atoms with E-state index in [0.717, 1.165) is 30.0 Å². The zero-order chi connectivity index (χ0) is 13.9. The molecule has 2 aromatic rings. The molecule has 0 radical (unpaired) electrons. The van der Waals surface area contributed by atoms with Gasteiger partial charge in [0.2, 0.25) is 0 Å². The Balaban J connectivity index is 1.92. The largest absolute Gasteiger partial charge is 0.312 e. The summed E-state index contributed by atoms with van der Waals surface area (Å²) >= 11 is 2.09. The highest BCUT2D eigenvalue weighted by atomic mass is 32.2. The van der Waals surface area contributed by atoms with Crippen LogP contribution in [0.3, 0.4) is 0 Å². The summed E-state index contributed by atoms with van der Waals surface area (Å²) in [6.07, 6.45) is 5.59. The fourth-order valence-electron chi connectivity index (χ4n) is 2.91. The van der Waals surface area contributed by atoms with Crippen LogP contribution in [0, 0.1) is 11.8 Å². The smallest absolute Gasteiger partial charge is 0.159 e. The molecule has 1 aliphatic rings. The number of imidazole rings is 1. The van der Waals surface area contributed by atoms with Crippen LogP contribution in [-0.2, 0) is 13.0 Å². The number of pyridine rings is 1. The van der Waals surface area contributed by atoms with Gasteiger partial charge in [0, 0.05) is 19.2 Å². The van der Waals surface area contributed by atoms with Crippen molar-refractivity contribution in [3.63, 3.8) is 0 Å².